The van der Waals surface area contributed by atoms with Gasteiger partial charge in [0.25, 0.3) is 0 Å². The lowest BCUT2D eigenvalue weighted by atomic mass is 10.2. The number of nitrogens with two attached hydrogens (primary N) is 1. The highest BCUT2D eigenvalue weighted by atomic mass is 15.3. The molecule has 21 heavy (non-hydrogen) atoms. The second kappa shape index (κ2) is 5.76. The second-order valence-corrected chi connectivity index (χ2v) is 4.65. The van der Waals surface area contributed by atoms with Gasteiger partial charge in [0.15, 0.2) is 5.65 Å². The van der Waals surface area contributed by atoms with Gasteiger partial charge >= 0.3 is 0 Å². The average Bonchev–Trinajstić information content (AvgIpc) is 3.01. The number of nitrogens with zero attached hydrogens (tertiary/aromatic N) is 4. The van der Waals surface area contributed by atoms with Gasteiger partial charge in [0, 0.05) is 13.1 Å². The van der Waals surface area contributed by atoms with Crippen molar-refractivity contribution in [3.63, 3.8) is 0 Å². The first-order valence-electron chi connectivity index (χ1n) is 6.78. The molecule has 2 aromatic heterocycles. The number of fused-ring (bicyclic) bond motifs is 1. The van der Waals surface area contributed by atoms with Gasteiger partial charge in [0.2, 0.25) is 5.95 Å². The molecule has 0 saturated carbocycles. The molecule has 7 heteroatoms. The van der Waals surface area contributed by atoms with E-state index >= 15 is 0 Å². The first-order chi connectivity index (χ1) is 10.3. The van der Waals surface area contributed by atoms with Gasteiger partial charge in [-0.1, -0.05) is 30.3 Å². The summed E-state index contributed by atoms with van der Waals surface area (Å²) in [7, 11) is 0. The van der Waals surface area contributed by atoms with Crippen LogP contribution in [0.25, 0.3) is 11.0 Å². The maximum absolute atomic E-state index is 5.44. The topological polar surface area (TPSA) is 95.8 Å². The highest BCUT2D eigenvalue weighted by molar-refractivity contribution is 5.87. The summed E-state index contributed by atoms with van der Waals surface area (Å²) in [6.07, 6.45) is 1.73. The average molecular weight is 283 g/mol. The molecule has 0 radical (unpaired) electrons. The van der Waals surface area contributed by atoms with Crippen LogP contribution in [0, 0.1) is 0 Å². The number of nitrogens with one attached hydrogen (secondary N) is 2. The van der Waals surface area contributed by atoms with E-state index < -0.39 is 0 Å². The Labute approximate surface area is 122 Å². The minimum absolute atomic E-state index is 0.369. The Morgan fingerprint density at radius 3 is 2.76 bits per heavy atom. The zero-order valence-corrected chi connectivity index (χ0v) is 11.7. The van der Waals surface area contributed by atoms with Crippen molar-refractivity contribution in [2.75, 3.05) is 16.9 Å². The minimum atomic E-state index is 0.369. The summed E-state index contributed by atoms with van der Waals surface area (Å²) in [4.78, 5) is 10.9. The Morgan fingerprint density at radius 1 is 1.24 bits per heavy atom. The number of hydrogen-bond donors (Lipinski definition) is 3. The molecule has 1 aromatic carbocycles. The molecule has 0 amide bonds. The molecule has 4 N–H and O–H groups in total. The molecule has 2 heterocycles. The fraction of sp³-hybridized carbons (Fsp3) is 0.214. The van der Waals surface area contributed by atoms with E-state index in [4.69, 9.17) is 5.84 Å². The van der Waals surface area contributed by atoms with Crippen LogP contribution in [0.2, 0.25) is 0 Å². The predicted octanol–water partition coefficient (Wildman–Crippen LogP) is 1.66. The lowest BCUT2D eigenvalue weighted by molar-refractivity contribution is 0.817. The molecule has 0 atom stereocenters. The van der Waals surface area contributed by atoms with E-state index in [1.807, 2.05) is 18.2 Å². The molecule has 0 unspecified atom stereocenters. The Morgan fingerprint density at radius 2 is 2.05 bits per heavy atom. The largest absolute Gasteiger partial charge is 0.352 e. The molecule has 0 saturated heterocycles. The van der Waals surface area contributed by atoms with Gasteiger partial charge in [0.05, 0.1) is 11.6 Å². The van der Waals surface area contributed by atoms with E-state index in [1.54, 1.807) is 6.20 Å². The number of hydrazine groups is 1. The third-order valence-corrected chi connectivity index (χ3v) is 3.32. The Bertz CT molecular complexity index is 723. The molecule has 0 bridgehead atoms. The van der Waals surface area contributed by atoms with Gasteiger partial charge in [-0.3, -0.25) is 10.5 Å². The third kappa shape index (κ3) is 2.63. The number of aromatic nitrogens is 4. The van der Waals surface area contributed by atoms with Crippen molar-refractivity contribution < 1.29 is 0 Å². The number of nitrogen functional groups attached to an aromatic ring is 1. The number of benzene rings is 1. The summed E-state index contributed by atoms with van der Waals surface area (Å²) in [5.74, 6) is 6.63. The smallest absolute Gasteiger partial charge is 0.241 e. The first-order valence-corrected chi connectivity index (χ1v) is 6.78. The van der Waals surface area contributed by atoms with Gasteiger partial charge in [-0.05, 0) is 12.5 Å². The van der Waals surface area contributed by atoms with Gasteiger partial charge in [0.1, 0.15) is 5.82 Å². The van der Waals surface area contributed by atoms with Gasteiger partial charge in [-0.25, -0.2) is 5.84 Å². The quantitative estimate of drug-likeness (QED) is 0.487. The summed E-state index contributed by atoms with van der Waals surface area (Å²) in [6, 6.07) is 10.3. The van der Waals surface area contributed by atoms with Crippen molar-refractivity contribution >= 4 is 22.8 Å². The summed E-state index contributed by atoms with van der Waals surface area (Å²) >= 11 is 0. The molecular weight excluding hydrogens is 266 g/mol. The number of H-pyrrole nitrogens is 1. The maximum Gasteiger partial charge on any atom is 0.241 e. The predicted molar refractivity (Wildman–Crippen MR) is 82.7 cm³/mol. The van der Waals surface area contributed by atoms with Crippen LogP contribution in [0.1, 0.15) is 12.5 Å². The molecule has 0 fully saturated rings. The van der Waals surface area contributed by atoms with Crippen LogP contribution in [-0.2, 0) is 6.54 Å². The van der Waals surface area contributed by atoms with Gasteiger partial charge < -0.3 is 4.90 Å². The molecule has 0 spiro atoms. The van der Waals surface area contributed by atoms with Crippen molar-refractivity contribution in [2.45, 2.75) is 13.5 Å². The van der Waals surface area contributed by atoms with Crippen LogP contribution in [0.3, 0.4) is 0 Å². The van der Waals surface area contributed by atoms with Crippen LogP contribution in [-0.4, -0.2) is 26.7 Å². The highest BCUT2D eigenvalue weighted by Gasteiger charge is 2.15. The zero-order valence-electron chi connectivity index (χ0n) is 11.7. The van der Waals surface area contributed by atoms with Crippen molar-refractivity contribution in [2.24, 2.45) is 5.84 Å². The van der Waals surface area contributed by atoms with E-state index in [-0.39, 0.29) is 0 Å². The number of anilines is 2. The van der Waals surface area contributed by atoms with Crippen LogP contribution < -0.4 is 16.2 Å². The lowest BCUT2D eigenvalue weighted by Crippen LogP contribution is -2.24. The highest BCUT2D eigenvalue weighted by Crippen LogP contribution is 2.24. The van der Waals surface area contributed by atoms with E-state index in [2.05, 4.69) is 49.5 Å². The van der Waals surface area contributed by atoms with Crippen molar-refractivity contribution in [3.05, 3.63) is 42.1 Å². The molecular formula is C14H17N7. The minimum Gasteiger partial charge on any atom is -0.352 e. The van der Waals surface area contributed by atoms with Crippen LogP contribution in [0.5, 0.6) is 0 Å². The third-order valence-electron chi connectivity index (χ3n) is 3.32. The fourth-order valence-electron chi connectivity index (χ4n) is 2.27. The van der Waals surface area contributed by atoms with Crippen molar-refractivity contribution in [3.8, 4) is 0 Å². The second-order valence-electron chi connectivity index (χ2n) is 4.65. The SMILES string of the molecule is CCN(Cc1ccccc1)c1nc(NN)nc2[nH]ncc12. The monoisotopic (exact) mass is 283 g/mol. The molecule has 3 rings (SSSR count). The van der Waals surface area contributed by atoms with Gasteiger partial charge in [-0.2, -0.15) is 15.1 Å². The van der Waals surface area contributed by atoms with E-state index in [9.17, 15) is 0 Å². The molecule has 0 aliphatic heterocycles. The summed E-state index contributed by atoms with van der Waals surface area (Å²) in [5.41, 5.74) is 4.38. The van der Waals surface area contributed by atoms with E-state index in [0.717, 1.165) is 24.3 Å². The number of hydrogen-bond acceptors (Lipinski definition) is 6. The Hall–Kier alpha value is -2.67. The summed E-state index contributed by atoms with van der Waals surface area (Å²) in [6.45, 7) is 3.67. The van der Waals surface area contributed by atoms with Crippen LogP contribution >= 0.6 is 0 Å². The standard InChI is InChI=1S/C14H17N7/c1-2-21(9-10-6-4-3-5-7-10)13-11-8-16-20-12(11)17-14(18-13)19-15/h3-8H,2,9,15H2,1H3,(H2,16,17,18,19,20). The normalized spacial score (nSPS) is 10.8. The summed E-state index contributed by atoms with van der Waals surface area (Å²) in [5, 5.41) is 7.77. The molecule has 7 nitrogen and oxygen atoms in total. The van der Waals surface area contributed by atoms with E-state index in [1.165, 1.54) is 5.56 Å². The number of rotatable bonds is 5. The van der Waals surface area contributed by atoms with Gasteiger partial charge in [-0.15, -0.1) is 0 Å². The zero-order chi connectivity index (χ0) is 14.7. The molecule has 3 aromatic rings. The van der Waals surface area contributed by atoms with Crippen LogP contribution in [0.4, 0.5) is 11.8 Å². The maximum atomic E-state index is 5.44. The van der Waals surface area contributed by atoms with Crippen LogP contribution in [0.15, 0.2) is 36.5 Å². The molecule has 108 valence electrons. The summed E-state index contributed by atoms with van der Waals surface area (Å²) < 4.78 is 0. The number of aromatic amines is 1. The Balaban J connectivity index is 2.01. The van der Waals surface area contributed by atoms with E-state index in [0.29, 0.717) is 11.6 Å². The molecule has 0 aliphatic carbocycles. The first kappa shape index (κ1) is 13.3. The fourth-order valence-corrected chi connectivity index (χ4v) is 2.27. The van der Waals surface area contributed by atoms with Crippen molar-refractivity contribution in [1.29, 1.82) is 0 Å². The molecule has 0 aliphatic rings. The Kier molecular flexibility index (Phi) is 3.65. The van der Waals surface area contributed by atoms with Crippen molar-refractivity contribution in [1.82, 2.24) is 20.2 Å². The lowest BCUT2D eigenvalue weighted by Gasteiger charge is -2.23.